The zero-order valence-electron chi connectivity index (χ0n) is 18.3. The Morgan fingerprint density at radius 2 is 1.74 bits per heavy atom. The zero-order chi connectivity index (χ0) is 21.8. The van der Waals surface area contributed by atoms with Crippen LogP contribution in [0.4, 0.5) is 0 Å². The van der Waals surface area contributed by atoms with Gasteiger partial charge in [0.15, 0.2) is 0 Å². The molecule has 1 aromatic heterocycles. The maximum Gasteiger partial charge on any atom is 0.292 e. The quantitative estimate of drug-likeness (QED) is 0.746. The zero-order valence-corrected chi connectivity index (χ0v) is 18.3. The minimum Gasteiger partial charge on any atom is -0.369 e. The van der Waals surface area contributed by atoms with Gasteiger partial charge in [0, 0.05) is 44.6 Å². The van der Waals surface area contributed by atoms with Crippen LogP contribution in [0.1, 0.15) is 86.4 Å². The van der Waals surface area contributed by atoms with Crippen molar-refractivity contribution in [3.63, 3.8) is 0 Å². The largest absolute Gasteiger partial charge is 0.369 e. The van der Waals surface area contributed by atoms with E-state index >= 15 is 0 Å². The van der Waals surface area contributed by atoms with E-state index in [0.717, 1.165) is 56.8 Å². The number of carbonyl (C=O) groups excluding carboxylic acids is 3. The third-order valence-electron chi connectivity index (χ3n) is 7.36. The molecule has 2 saturated heterocycles. The van der Waals surface area contributed by atoms with Crippen molar-refractivity contribution in [2.75, 3.05) is 26.2 Å². The smallest absolute Gasteiger partial charge is 0.292 e. The second-order valence-corrected chi connectivity index (χ2v) is 9.45. The number of primary amides is 1. The van der Waals surface area contributed by atoms with Gasteiger partial charge in [0.25, 0.3) is 5.91 Å². The Balaban J connectivity index is 1.26. The summed E-state index contributed by atoms with van der Waals surface area (Å²) in [6, 6.07) is 1.73. The number of carbonyl (C=O) groups is 3. The lowest BCUT2D eigenvalue weighted by Gasteiger charge is -2.31. The van der Waals surface area contributed by atoms with Gasteiger partial charge in [-0.2, -0.15) is 0 Å². The van der Waals surface area contributed by atoms with Crippen LogP contribution in [0, 0.1) is 11.8 Å². The van der Waals surface area contributed by atoms with Crippen LogP contribution in [-0.4, -0.2) is 58.9 Å². The third kappa shape index (κ3) is 5.28. The van der Waals surface area contributed by atoms with Crippen LogP contribution in [0.3, 0.4) is 0 Å². The Kier molecular flexibility index (Phi) is 6.92. The van der Waals surface area contributed by atoms with Crippen LogP contribution in [0.5, 0.6) is 0 Å². The highest BCUT2D eigenvalue weighted by Gasteiger charge is 2.31. The topological polar surface area (TPSA) is 110 Å². The van der Waals surface area contributed by atoms with Gasteiger partial charge >= 0.3 is 0 Å². The molecular formula is C23H34N4O4. The predicted molar refractivity (Wildman–Crippen MR) is 114 cm³/mol. The van der Waals surface area contributed by atoms with E-state index < -0.39 is 0 Å². The van der Waals surface area contributed by atoms with Crippen LogP contribution in [0.15, 0.2) is 10.6 Å². The minimum absolute atomic E-state index is 0.198. The molecule has 1 aliphatic carbocycles. The van der Waals surface area contributed by atoms with Gasteiger partial charge in [0.1, 0.15) is 0 Å². The number of aromatic nitrogens is 1. The molecule has 0 bridgehead atoms. The molecule has 4 rings (SSSR count). The summed E-state index contributed by atoms with van der Waals surface area (Å²) in [7, 11) is 0. The summed E-state index contributed by atoms with van der Waals surface area (Å²) in [5.74, 6) is 0.542. The van der Waals surface area contributed by atoms with Crippen molar-refractivity contribution in [1.82, 2.24) is 15.0 Å². The fourth-order valence-corrected chi connectivity index (χ4v) is 5.34. The van der Waals surface area contributed by atoms with Crippen molar-refractivity contribution >= 4 is 17.7 Å². The fourth-order valence-electron chi connectivity index (χ4n) is 5.34. The normalized spacial score (nSPS) is 23.3. The van der Waals surface area contributed by atoms with Gasteiger partial charge < -0.3 is 20.1 Å². The molecule has 0 radical (unpaired) electrons. The minimum atomic E-state index is -0.361. The lowest BCUT2D eigenvalue weighted by molar-refractivity contribution is -0.132. The summed E-state index contributed by atoms with van der Waals surface area (Å²) in [5.41, 5.74) is 6.19. The lowest BCUT2D eigenvalue weighted by Crippen LogP contribution is -2.44. The van der Waals surface area contributed by atoms with Crippen molar-refractivity contribution < 1.29 is 18.9 Å². The molecule has 0 aromatic carbocycles. The van der Waals surface area contributed by atoms with E-state index in [4.69, 9.17) is 10.3 Å². The van der Waals surface area contributed by atoms with Crippen LogP contribution < -0.4 is 5.73 Å². The van der Waals surface area contributed by atoms with Crippen molar-refractivity contribution in [1.29, 1.82) is 0 Å². The molecule has 3 heterocycles. The average molecular weight is 431 g/mol. The van der Waals surface area contributed by atoms with Crippen LogP contribution in [0.25, 0.3) is 0 Å². The molecule has 3 fully saturated rings. The fraction of sp³-hybridized carbons (Fsp3) is 0.739. The van der Waals surface area contributed by atoms with Crippen molar-refractivity contribution in [2.24, 2.45) is 17.6 Å². The Morgan fingerprint density at radius 3 is 2.45 bits per heavy atom. The first-order chi connectivity index (χ1) is 15.0. The summed E-state index contributed by atoms with van der Waals surface area (Å²) in [5, 5.41) is 4.15. The number of hydrogen-bond acceptors (Lipinski definition) is 5. The molecule has 0 unspecified atom stereocenters. The molecule has 2 N–H and O–H groups in total. The monoisotopic (exact) mass is 430 g/mol. The molecule has 1 atom stereocenters. The summed E-state index contributed by atoms with van der Waals surface area (Å²) >= 11 is 0. The molecule has 2 aliphatic heterocycles. The first-order valence-electron chi connectivity index (χ1n) is 11.8. The van der Waals surface area contributed by atoms with E-state index in [1.807, 2.05) is 4.90 Å². The van der Waals surface area contributed by atoms with E-state index in [0.29, 0.717) is 19.5 Å². The average Bonchev–Trinajstić information content (AvgIpc) is 3.49. The van der Waals surface area contributed by atoms with Gasteiger partial charge in [0.2, 0.25) is 17.6 Å². The molecule has 8 nitrogen and oxygen atoms in total. The Hall–Kier alpha value is -2.38. The summed E-state index contributed by atoms with van der Waals surface area (Å²) in [6.45, 7) is 2.40. The summed E-state index contributed by atoms with van der Waals surface area (Å²) in [6.07, 6.45) is 10.0. The lowest BCUT2D eigenvalue weighted by atomic mass is 9.92. The molecule has 1 aromatic rings. The molecule has 8 heteroatoms. The van der Waals surface area contributed by atoms with Crippen molar-refractivity contribution in [3.8, 4) is 0 Å². The SMILES string of the molecule is NC(=O)[C@@H]1CCCN(C(=O)c2cc(C3CCN(C(=O)CCC4CCCC4)CC3)no2)C1. The molecule has 0 spiro atoms. The van der Waals surface area contributed by atoms with Crippen molar-refractivity contribution in [3.05, 3.63) is 17.5 Å². The predicted octanol–water partition coefficient (Wildman–Crippen LogP) is 2.69. The number of likely N-dealkylation sites (tertiary alicyclic amines) is 2. The number of nitrogens with two attached hydrogens (primary N) is 1. The Bertz CT molecular complexity index is 793. The molecule has 170 valence electrons. The van der Waals surface area contributed by atoms with Gasteiger partial charge in [-0.15, -0.1) is 0 Å². The van der Waals surface area contributed by atoms with Crippen molar-refractivity contribution in [2.45, 2.75) is 70.1 Å². The highest BCUT2D eigenvalue weighted by atomic mass is 16.5. The number of rotatable bonds is 6. The van der Waals surface area contributed by atoms with Gasteiger partial charge in [-0.05, 0) is 38.0 Å². The van der Waals surface area contributed by atoms with E-state index in [1.54, 1.807) is 11.0 Å². The van der Waals surface area contributed by atoms with Gasteiger partial charge in [-0.1, -0.05) is 30.8 Å². The molecule has 31 heavy (non-hydrogen) atoms. The van der Waals surface area contributed by atoms with Gasteiger partial charge in [-0.3, -0.25) is 14.4 Å². The number of amides is 3. The highest BCUT2D eigenvalue weighted by Crippen LogP contribution is 2.31. The number of piperidine rings is 2. The second-order valence-electron chi connectivity index (χ2n) is 9.45. The third-order valence-corrected chi connectivity index (χ3v) is 7.36. The van der Waals surface area contributed by atoms with Gasteiger partial charge in [0.05, 0.1) is 11.6 Å². The van der Waals surface area contributed by atoms with E-state index in [1.165, 1.54) is 25.7 Å². The van der Waals surface area contributed by atoms with Crippen LogP contribution >= 0.6 is 0 Å². The first kappa shape index (κ1) is 21.8. The van der Waals surface area contributed by atoms with E-state index in [2.05, 4.69) is 5.16 Å². The highest BCUT2D eigenvalue weighted by molar-refractivity contribution is 5.92. The second kappa shape index (κ2) is 9.83. The molecule has 3 aliphatic rings. The maximum atomic E-state index is 12.8. The Morgan fingerprint density at radius 1 is 1.00 bits per heavy atom. The molecule has 1 saturated carbocycles. The van der Waals surface area contributed by atoms with E-state index in [-0.39, 0.29) is 35.3 Å². The molecule has 3 amide bonds. The van der Waals surface area contributed by atoms with Crippen LogP contribution in [-0.2, 0) is 9.59 Å². The maximum absolute atomic E-state index is 12.8. The first-order valence-corrected chi connectivity index (χ1v) is 11.8. The summed E-state index contributed by atoms with van der Waals surface area (Å²) < 4.78 is 5.36. The number of hydrogen-bond donors (Lipinski definition) is 1. The standard InChI is InChI=1S/C23H34N4O4/c24-22(29)18-6-3-11-27(15-18)23(30)20-14-19(25-31-20)17-9-12-26(13-10-17)21(28)8-7-16-4-1-2-5-16/h14,16-18H,1-13,15H2,(H2,24,29)/t18-/m1/s1. The van der Waals surface area contributed by atoms with E-state index in [9.17, 15) is 14.4 Å². The van der Waals surface area contributed by atoms with Gasteiger partial charge in [-0.25, -0.2) is 0 Å². The number of nitrogens with zero attached hydrogens (tertiary/aromatic N) is 3. The Labute approximate surface area is 183 Å². The van der Waals surface area contributed by atoms with Crippen LogP contribution in [0.2, 0.25) is 0 Å². The molecular weight excluding hydrogens is 396 g/mol. The summed E-state index contributed by atoms with van der Waals surface area (Å²) in [4.78, 5) is 40.4.